The first-order valence-electron chi connectivity index (χ1n) is 6.35. The molecule has 0 aliphatic heterocycles. The molecule has 0 bridgehead atoms. The second-order valence-corrected chi connectivity index (χ2v) is 6.06. The van der Waals surface area contributed by atoms with Gasteiger partial charge in [0.05, 0.1) is 0 Å². The number of carboxylic acids is 1. The molecular formula is C14H15INO3-. The Balaban J connectivity index is 2.05. The highest BCUT2D eigenvalue weighted by atomic mass is 127. The van der Waals surface area contributed by atoms with Crippen LogP contribution in [0.3, 0.4) is 0 Å². The molecular weight excluding hydrogens is 357 g/mol. The van der Waals surface area contributed by atoms with Gasteiger partial charge in [-0.15, -0.1) is 0 Å². The lowest BCUT2D eigenvalue weighted by atomic mass is 9.78. The molecule has 102 valence electrons. The van der Waals surface area contributed by atoms with E-state index >= 15 is 0 Å². The normalized spacial score (nSPS) is 22.8. The summed E-state index contributed by atoms with van der Waals surface area (Å²) in [6.07, 6.45) is 2.91. The molecule has 1 aliphatic rings. The van der Waals surface area contributed by atoms with Crippen LogP contribution in [0.2, 0.25) is 0 Å². The van der Waals surface area contributed by atoms with Crippen LogP contribution in [0.5, 0.6) is 0 Å². The minimum absolute atomic E-state index is 0.213. The molecule has 1 fully saturated rings. The Kier molecular flexibility index (Phi) is 4.79. The summed E-state index contributed by atoms with van der Waals surface area (Å²) in [5, 5.41) is 13.9. The van der Waals surface area contributed by atoms with Crippen LogP contribution in [0.1, 0.15) is 25.7 Å². The first kappa shape index (κ1) is 14.3. The Labute approximate surface area is 125 Å². The molecule has 0 unspecified atom stereocenters. The highest BCUT2D eigenvalue weighted by Gasteiger charge is 2.31. The number of benzene rings is 1. The summed E-state index contributed by atoms with van der Waals surface area (Å²) in [4.78, 5) is 23.2. The van der Waals surface area contributed by atoms with Crippen molar-refractivity contribution in [2.24, 2.45) is 11.8 Å². The highest BCUT2D eigenvalue weighted by Crippen LogP contribution is 2.30. The standard InChI is InChI=1S/C14H16INO3/c15-9-5-7-10(8-6-9)16-13(17)11-3-1-2-4-12(11)14(18)19/h5-8,11-12H,1-4H2,(H,16,17)(H,18,19)/p-1/t11-,12-/m0/s1. The first-order valence-corrected chi connectivity index (χ1v) is 7.43. The Bertz CT molecular complexity index is 472. The van der Waals surface area contributed by atoms with E-state index in [1.165, 1.54) is 0 Å². The molecule has 2 rings (SSSR count). The highest BCUT2D eigenvalue weighted by molar-refractivity contribution is 14.1. The van der Waals surface area contributed by atoms with Crippen molar-refractivity contribution in [1.82, 2.24) is 0 Å². The van der Waals surface area contributed by atoms with Crippen molar-refractivity contribution in [1.29, 1.82) is 0 Å². The number of rotatable bonds is 3. The Morgan fingerprint density at radius 1 is 1.11 bits per heavy atom. The van der Waals surface area contributed by atoms with Crippen molar-refractivity contribution in [2.45, 2.75) is 25.7 Å². The van der Waals surface area contributed by atoms with E-state index in [0.717, 1.165) is 16.4 Å². The minimum Gasteiger partial charge on any atom is -0.550 e. The Morgan fingerprint density at radius 3 is 2.26 bits per heavy atom. The molecule has 19 heavy (non-hydrogen) atoms. The lowest BCUT2D eigenvalue weighted by Crippen LogP contribution is -2.42. The number of hydrogen-bond donors (Lipinski definition) is 1. The van der Waals surface area contributed by atoms with Gasteiger partial charge in [0, 0.05) is 27.1 Å². The smallest absolute Gasteiger partial charge is 0.228 e. The molecule has 1 aromatic carbocycles. The molecule has 0 aromatic heterocycles. The second-order valence-electron chi connectivity index (χ2n) is 4.81. The monoisotopic (exact) mass is 372 g/mol. The van der Waals surface area contributed by atoms with Crippen molar-refractivity contribution in [2.75, 3.05) is 5.32 Å². The van der Waals surface area contributed by atoms with Gasteiger partial charge in [-0.2, -0.15) is 0 Å². The maximum atomic E-state index is 12.2. The van der Waals surface area contributed by atoms with Crippen LogP contribution in [-0.4, -0.2) is 11.9 Å². The maximum Gasteiger partial charge on any atom is 0.228 e. The van der Waals surface area contributed by atoms with Crippen LogP contribution in [0.15, 0.2) is 24.3 Å². The molecule has 1 aromatic rings. The summed E-state index contributed by atoms with van der Waals surface area (Å²) in [6.45, 7) is 0. The summed E-state index contributed by atoms with van der Waals surface area (Å²) in [5.74, 6) is -2.45. The van der Waals surface area contributed by atoms with Crippen LogP contribution < -0.4 is 10.4 Å². The van der Waals surface area contributed by atoms with E-state index in [1.807, 2.05) is 24.3 Å². The fraction of sp³-hybridized carbons (Fsp3) is 0.429. The molecule has 1 N–H and O–H groups in total. The van der Waals surface area contributed by atoms with Gasteiger partial charge < -0.3 is 15.2 Å². The van der Waals surface area contributed by atoms with E-state index in [2.05, 4.69) is 27.9 Å². The summed E-state index contributed by atoms with van der Waals surface area (Å²) in [7, 11) is 0. The van der Waals surface area contributed by atoms with Crippen LogP contribution in [-0.2, 0) is 9.59 Å². The number of halogens is 1. The molecule has 4 nitrogen and oxygen atoms in total. The van der Waals surface area contributed by atoms with E-state index in [1.54, 1.807) is 0 Å². The summed E-state index contributed by atoms with van der Waals surface area (Å²) >= 11 is 2.19. The Morgan fingerprint density at radius 2 is 1.68 bits per heavy atom. The molecule has 1 saturated carbocycles. The van der Waals surface area contributed by atoms with Gasteiger partial charge in [-0.3, -0.25) is 4.79 Å². The molecule has 1 amide bonds. The van der Waals surface area contributed by atoms with Crippen LogP contribution >= 0.6 is 22.6 Å². The maximum absolute atomic E-state index is 12.2. The summed E-state index contributed by atoms with van der Waals surface area (Å²) in [5.41, 5.74) is 0.702. The van der Waals surface area contributed by atoms with Crippen molar-refractivity contribution in [3.8, 4) is 0 Å². The second kappa shape index (κ2) is 6.36. The molecule has 0 radical (unpaired) electrons. The number of carbonyl (C=O) groups excluding carboxylic acids is 2. The first-order chi connectivity index (χ1) is 9.08. The van der Waals surface area contributed by atoms with Gasteiger partial charge in [0.2, 0.25) is 5.91 Å². The van der Waals surface area contributed by atoms with Gasteiger partial charge in [-0.05, 0) is 59.7 Å². The zero-order valence-electron chi connectivity index (χ0n) is 10.4. The van der Waals surface area contributed by atoms with E-state index in [9.17, 15) is 14.7 Å². The molecule has 2 atom stereocenters. The number of carboxylic acid groups (broad SMARTS) is 1. The predicted molar refractivity (Wildman–Crippen MR) is 78.2 cm³/mol. The quantitative estimate of drug-likeness (QED) is 0.823. The zero-order chi connectivity index (χ0) is 13.8. The van der Waals surface area contributed by atoms with Crippen molar-refractivity contribution >= 4 is 40.2 Å². The molecule has 0 spiro atoms. The minimum atomic E-state index is -1.11. The third kappa shape index (κ3) is 3.68. The van der Waals surface area contributed by atoms with E-state index in [-0.39, 0.29) is 5.91 Å². The largest absolute Gasteiger partial charge is 0.550 e. The predicted octanol–water partition coefficient (Wildman–Crippen LogP) is 1.79. The van der Waals surface area contributed by atoms with Gasteiger partial charge in [0.1, 0.15) is 0 Å². The molecule has 5 heteroatoms. The number of aliphatic carboxylic acids is 1. The number of nitrogens with one attached hydrogen (secondary N) is 1. The third-order valence-corrected chi connectivity index (χ3v) is 4.24. The average Bonchev–Trinajstić information content (AvgIpc) is 2.41. The number of carbonyl (C=O) groups is 2. The summed E-state index contributed by atoms with van der Waals surface area (Å²) in [6, 6.07) is 7.42. The third-order valence-electron chi connectivity index (χ3n) is 3.52. The van der Waals surface area contributed by atoms with Gasteiger partial charge in [-0.25, -0.2) is 0 Å². The van der Waals surface area contributed by atoms with Crippen molar-refractivity contribution in [3.05, 3.63) is 27.8 Å². The fourth-order valence-corrected chi connectivity index (χ4v) is 2.85. The number of hydrogen-bond acceptors (Lipinski definition) is 3. The van der Waals surface area contributed by atoms with E-state index < -0.39 is 17.8 Å². The Hall–Kier alpha value is -1.11. The lowest BCUT2D eigenvalue weighted by molar-refractivity contribution is -0.313. The van der Waals surface area contributed by atoms with E-state index in [0.29, 0.717) is 18.5 Å². The molecule has 0 heterocycles. The fourth-order valence-electron chi connectivity index (χ4n) is 2.49. The van der Waals surface area contributed by atoms with Gasteiger partial charge in [0.15, 0.2) is 0 Å². The van der Waals surface area contributed by atoms with E-state index in [4.69, 9.17) is 0 Å². The topological polar surface area (TPSA) is 69.2 Å². The number of anilines is 1. The number of amides is 1. The van der Waals surface area contributed by atoms with Crippen LogP contribution in [0, 0.1) is 15.4 Å². The van der Waals surface area contributed by atoms with Gasteiger partial charge >= 0.3 is 0 Å². The average molecular weight is 372 g/mol. The van der Waals surface area contributed by atoms with Gasteiger partial charge in [0.25, 0.3) is 0 Å². The molecule has 1 aliphatic carbocycles. The van der Waals surface area contributed by atoms with Crippen LogP contribution in [0.25, 0.3) is 0 Å². The summed E-state index contributed by atoms with van der Waals surface area (Å²) < 4.78 is 1.08. The lowest BCUT2D eigenvalue weighted by Gasteiger charge is -2.31. The van der Waals surface area contributed by atoms with Crippen molar-refractivity contribution < 1.29 is 14.7 Å². The van der Waals surface area contributed by atoms with Gasteiger partial charge in [-0.1, -0.05) is 12.8 Å². The van der Waals surface area contributed by atoms with Crippen molar-refractivity contribution in [3.63, 3.8) is 0 Å². The molecule has 0 saturated heterocycles. The van der Waals surface area contributed by atoms with Crippen LogP contribution in [0.4, 0.5) is 5.69 Å². The SMILES string of the molecule is O=C([O-])[C@H]1CCCC[C@@H]1C(=O)Nc1ccc(I)cc1. The zero-order valence-corrected chi connectivity index (χ0v) is 12.6.